The maximum absolute atomic E-state index is 12.2. The molecule has 2 aromatic rings. The Labute approximate surface area is 134 Å². The number of nitrogens with one attached hydrogen (secondary N) is 1. The van der Waals surface area contributed by atoms with Crippen molar-refractivity contribution in [2.75, 3.05) is 6.54 Å². The van der Waals surface area contributed by atoms with E-state index in [0.717, 1.165) is 22.9 Å². The lowest BCUT2D eigenvalue weighted by molar-refractivity contribution is -0.122. The topological polar surface area (TPSA) is 55.1 Å². The highest BCUT2D eigenvalue weighted by molar-refractivity contribution is 6.30. The Morgan fingerprint density at radius 3 is 2.73 bits per heavy atom. The average Bonchev–Trinajstić information content (AvgIpc) is 3.21. The molecule has 1 N–H and O–H groups in total. The van der Waals surface area contributed by atoms with Crippen molar-refractivity contribution in [2.45, 2.75) is 32.6 Å². The largest absolute Gasteiger partial charge is 0.446 e. The van der Waals surface area contributed by atoms with Gasteiger partial charge in [-0.15, -0.1) is 0 Å². The van der Waals surface area contributed by atoms with Gasteiger partial charge in [0.2, 0.25) is 5.91 Å². The third kappa shape index (κ3) is 3.33. The fourth-order valence-electron chi connectivity index (χ4n) is 2.80. The van der Waals surface area contributed by atoms with E-state index in [1.165, 1.54) is 5.56 Å². The van der Waals surface area contributed by atoms with Gasteiger partial charge in [0.25, 0.3) is 0 Å². The summed E-state index contributed by atoms with van der Waals surface area (Å²) >= 11 is 5.88. The maximum atomic E-state index is 12.2. The van der Waals surface area contributed by atoms with Crippen LogP contribution in [0, 0.1) is 19.8 Å². The number of rotatable bonds is 5. The normalized spacial score (nSPS) is 20.0. The summed E-state index contributed by atoms with van der Waals surface area (Å²) in [5, 5.41) is 3.72. The van der Waals surface area contributed by atoms with Gasteiger partial charge in [0.1, 0.15) is 5.76 Å². The highest BCUT2D eigenvalue weighted by Crippen LogP contribution is 2.47. The van der Waals surface area contributed by atoms with E-state index in [1.54, 1.807) is 0 Å². The Balaban J connectivity index is 1.47. The van der Waals surface area contributed by atoms with E-state index in [-0.39, 0.29) is 11.8 Å². The molecule has 1 fully saturated rings. The molecule has 1 saturated carbocycles. The van der Waals surface area contributed by atoms with Crippen LogP contribution in [0.15, 0.2) is 28.7 Å². The Morgan fingerprint density at radius 1 is 1.36 bits per heavy atom. The molecule has 0 saturated heterocycles. The van der Waals surface area contributed by atoms with Crippen molar-refractivity contribution in [3.8, 4) is 0 Å². The van der Waals surface area contributed by atoms with Gasteiger partial charge in [0.05, 0.1) is 5.69 Å². The highest BCUT2D eigenvalue weighted by Gasteiger charge is 2.43. The van der Waals surface area contributed by atoms with Crippen LogP contribution in [0.3, 0.4) is 0 Å². The molecule has 0 bridgehead atoms. The van der Waals surface area contributed by atoms with Crippen molar-refractivity contribution < 1.29 is 9.21 Å². The SMILES string of the molecule is Cc1nc(CCNC(=O)[C@H]2C[C@@H]2c2ccc(Cl)cc2)c(C)o1. The standard InChI is InChI=1S/C17H19ClN2O2/c1-10-16(20-11(2)22-10)7-8-19-17(21)15-9-14(15)12-3-5-13(18)6-4-12/h3-6,14-15H,7-9H2,1-2H3,(H,19,21)/t14-,15+/m1/s1. The van der Waals surface area contributed by atoms with Gasteiger partial charge in [0.15, 0.2) is 5.89 Å². The van der Waals surface area contributed by atoms with E-state index < -0.39 is 0 Å². The van der Waals surface area contributed by atoms with Gasteiger partial charge in [-0.25, -0.2) is 4.98 Å². The van der Waals surface area contributed by atoms with Crippen LogP contribution in [0.5, 0.6) is 0 Å². The molecule has 0 radical (unpaired) electrons. The van der Waals surface area contributed by atoms with Crippen LogP contribution < -0.4 is 5.32 Å². The number of halogens is 1. The Kier molecular flexibility index (Phi) is 4.21. The Morgan fingerprint density at radius 2 is 2.09 bits per heavy atom. The van der Waals surface area contributed by atoms with Crippen LogP contribution in [0.25, 0.3) is 0 Å². The van der Waals surface area contributed by atoms with E-state index >= 15 is 0 Å². The molecule has 1 heterocycles. The molecule has 0 spiro atoms. The van der Waals surface area contributed by atoms with Gasteiger partial charge < -0.3 is 9.73 Å². The second kappa shape index (κ2) is 6.13. The van der Waals surface area contributed by atoms with Crippen molar-refractivity contribution in [3.63, 3.8) is 0 Å². The van der Waals surface area contributed by atoms with Crippen LogP contribution >= 0.6 is 11.6 Å². The van der Waals surface area contributed by atoms with Crippen molar-refractivity contribution in [1.82, 2.24) is 10.3 Å². The Bertz CT molecular complexity index is 678. The fraction of sp³-hybridized carbons (Fsp3) is 0.412. The molecule has 5 heteroatoms. The first-order valence-electron chi connectivity index (χ1n) is 7.50. The molecule has 1 aliphatic carbocycles. The summed E-state index contributed by atoms with van der Waals surface area (Å²) in [5.74, 6) is 2.04. The summed E-state index contributed by atoms with van der Waals surface area (Å²) in [7, 11) is 0. The number of nitrogens with zero attached hydrogens (tertiary/aromatic N) is 1. The first-order chi connectivity index (χ1) is 10.5. The van der Waals surface area contributed by atoms with Gasteiger partial charge in [-0.3, -0.25) is 4.79 Å². The van der Waals surface area contributed by atoms with Crippen molar-refractivity contribution >= 4 is 17.5 Å². The van der Waals surface area contributed by atoms with Gasteiger partial charge in [-0.2, -0.15) is 0 Å². The van der Waals surface area contributed by atoms with Crippen molar-refractivity contribution in [3.05, 3.63) is 52.2 Å². The second-order valence-corrected chi connectivity index (χ2v) is 6.21. The predicted octanol–water partition coefficient (Wildman–Crippen LogP) is 3.41. The van der Waals surface area contributed by atoms with Gasteiger partial charge in [-0.05, 0) is 37.0 Å². The lowest BCUT2D eigenvalue weighted by atomic mass is 10.1. The minimum Gasteiger partial charge on any atom is -0.446 e. The van der Waals surface area contributed by atoms with Crippen molar-refractivity contribution in [2.24, 2.45) is 5.92 Å². The molecule has 2 atom stereocenters. The lowest BCUT2D eigenvalue weighted by Gasteiger charge is -2.04. The summed E-state index contributed by atoms with van der Waals surface area (Å²) in [6, 6.07) is 7.75. The third-order valence-corrected chi connectivity index (χ3v) is 4.34. The van der Waals surface area contributed by atoms with E-state index in [9.17, 15) is 4.79 Å². The van der Waals surface area contributed by atoms with Crippen LogP contribution in [0.1, 0.15) is 35.2 Å². The fourth-order valence-corrected chi connectivity index (χ4v) is 2.93. The quantitative estimate of drug-likeness (QED) is 0.919. The molecule has 22 heavy (non-hydrogen) atoms. The molecule has 116 valence electrons. The first kappa shape index (κ1) is 15.1. The predicted molar refractivity (Wildman–Crippen MR) is 85.0 cm³/mol. The number of amides is 1. The van der Waals surface area contributed by atoms with E-state index in [0.29, 0.717) is 24.8 Å². The molecule has 0 aliphatic heterocycles. The zero-order valence-electron chi connectivity index (χ0n) is 12.7. The molecular weight excluding hydrogens is 300 g/mol. The number of hydrogen-bond acceptors (Lipinski definition) is 3. The third-order valence-electron chi connectivity index (χ3n) is 4.09. The monoisotopic (exact) mass is 318 g/mol. The average molecular weight is 319 g/mol. The van der Waals surface area contributed by atoms with Crippen molar-refractivity contribution in [1.29, 1.82) is 0 Å². The summed E-state index contributed by atoms with van der Waals surface area (Å²) < 4.78 is 5.38. The van der Waals surface area contributed by atoms with E-state index in [1.807, 2.05) is 38.1 Å². The molecule has 0 unspecified atom stereocenters. The number of hydrogen-bond donors (Lipinski definition) is 1. The number of carbonyl (C=O) groups excluding carboxylic acids is 1. The molecule has 1 aliphatic rings. The smallest absolute Gasteiger partial charge is 0.223 e. The highest BCUT2D eigenvalue weighted by atomic mass is 35.5. The number of oxazole rings is 1. The molecule has 3 rings (SSSR count). The minimum atomic E-state index is 0.0846. The zero-order chi connectivity index (χ0) is 15.7. The summed E-state index contributed by atoms with van der Waals surface area (Å²) in [4.78, 5) is 16.5. The van der Waals surface area contributed by atoms with Gasteiger partial charge in [0, 0.05) is 30.8 Å². The molecule has 1 aromatic heterocycles. The van der Waals surface area contributed by atoms with E-state index in [4.69, 9.17) is 16.0 Å². The summed E-state index contributed by atoms with van der Waals surface area (Å²) in [6.07, 6.45) is 1.61. The van der Waals surface area contributed by atoms with E-state index in [2.05, 4.69) is 10.3 Å². The van der Waals surface area contributed by atoms with Gasteiger partial charge >= 0.3 is 0 Å². The van der Waals surface area contributed by atoms with Crippen LogP contribution in [-0.4, -0.2) is 17.4 Å². The van der Waals surface area contributed by atoms with Crippen LogP contribution in [0.2, 0.25) is 5.02 Å². The van der Waals surface area contributed by atoms with Crippen LogP contribution in [0.4, 0.5) is 0 Å². The number of carbonyl (C=O) groups is 1. The minimum absolute atomic E-state index is 0.0846. The molecule has 1 amide bonds. The molecule has 1 aromatic carbocycles. The summed E-state index contributed by atoms with van der Waals surface area (Å²) in [6.45, 7) is 4.32. The number of benzene rings is 1. The molecular formula is C17H19ClN2O2. The number of aromatic nitrogens is 1. The lowest BCUT2D eigenvalue weighted by Crippen LogP contribution is -2.27. The Hall–Kier alpha value is -1.81. The van der Waals surface area contributed by atoms with Gasteiger partial charge in [-0.1, -0.05) is 23.7 Å². The first-order valence-corrected chi connectivity index (χ1v) is 7.88. The molecule has 4 nitrogen and oxygen atoms in total. The zero-order valence-corrected chi connectivity index (χ0v) is 13.5. The number of aryl methyl sites for hydroxylation is 2. The summed E-state index contributed by atoms with van der Waals surface area (Å²) in [5.41, 5.74) is 2.11. The second-order valence-electron chi connectivity index (χ2n) is 5.78. The maximum Gasteiger partial charge on any atom is 0.223 e. The van der Waals surface area contributed by atoms with Crippen LogP contribution in [-0.2, 0) is 11.2 Å².